The molecule has 7 nitrogen and oxygen atoms in total. The lowest BCUT2D eigenvalue weighted by Gasteiger charge is -2.26. The van der Waals surface area contributed by atoms with Crippen LogP contribution in [0.1, 0.15) is 23.0 Å². The lowest BCUT2D eigenvalue weighted by Crippen LogP contribution is -2.30. The van der Waals surface area contributed by atoms with Gasteiger partial charge in [-0.3, -0.25) is 4.79 Å². The van der Waals surface area contributed by atoms with E-state index in [2.05, 4.69) is 9.97 Å². The molecule has 50 heavy (non-hydrogen) atoms. The number of aromatic nitrogens is 2. The number of hydrogen-bond acceptors (Lipinski definition) is 7. The van der Waals surface area contributed by atoms with E-state index in [1.807, 2.05) is 0 Å². The van der Waals surface area contributed by atoms with Gasteiger partial charge in [-0.1, -0.05) is 59.6 Å². The molecule has 0 saturated carbocycles. The number of pyridine rings is 2. The summed E-state index contributed by atoms with van der Waals surface area (Å²) in [4.78, 5) is 23.9. The second-order valence-electron chi connectivity index (χ2n) is 10.9. The molecule has 6 aromatic rings. The Morgan fingerprint density at radius 3 is 1.36 bits per heavy atom. The molecular formula is C39H28Cl2F2N2O5. The van der Waals surface area contributed by atoms with Gasteiger partial charge in [0.05, 0.1) is 21.9 Å². The van der Waals surface area contributed by atoms with Gasteiger partial charge in [0.15, 0.2) is 5.78 Å². The Morgan fingerprint density at radius 2 is 0.960 bits per heavy atom. The third-order valence-electron chi connectivity index (χ3n) is 7.58. The summed E-state index contributed by atoms with van der Waals surface area (Å²) in [5, 5.41) is 0.710. The number of ether oxygens (including phenoxy) is 4. The standard InChI is InChI=1S/C39H28Cl2F2N2O5/c40-33-9-1-3-11-35(33)47-23-31(29-7-5-21-44-38(29)49-27-17-13-25(42)14-18-27)37(46)32(24-48-36-12-4-2-10-34(36)41)30-8-6-22-45-39(30)50-28-19-15-26(43)16-20-28/h1-22,31-32H,23-24H2. The van der Waals surface area contributed by atoms with Gasteiger partial charge in [-0.15, -0.1) is 0 Å². The molecule has 0 fully saturated rings. The monoisotopic (exact) mass is 712 g/mol. The summed E-state index contributed by atoms with van der Waals surface area (Å²) >= 11 is 12.8. The fraction of sp³-hybridized carbons (Fsp3) is 0.103. The third-order valence-corrected chi connectivity index (χ3v) is 8.20. The number of carbonyl (C=O) groups is 1. The number of carbonyl (C=O) groups excluding carboxylic acids is 1. The van der Waals surface area contributed by atoms with Crippen LogP contribution in [0.15, 0.2) is 134 Å². The molecule has 2 unspecified atom stereocenters. The van der Waals surface area contributed by atoms with Crippen LogP contribution in [0.25, 0.3) is 0 Å². The lowest BCUT2D eigenvalue weighted by molar-refractivity contribution is -0.123. The molecular weight excluding hydrogens is 685 g/mol. The SMILES string of the molecule is O=C(C(COc1ccccc1Cl)c1cccnc1Oc1ccc(F)cc1)C(COc1ccccc1Cl)c1cccnc1Oc1ccc(F)cc1. The smallest absolute Gasteiger partial charge is 0.223 e. The topological polar surface area (TPSA) is 79.8 Å². The van der Waals surface area contributed by atoms with Crippen LogP contribution in [0.2, 0.25) is 10.0 Å². The van der Waals surface area contributed by atoms with E-state index >= 15 is 4.79 Å². The van der Waals surface area contributed by atoms with Crippen molar-refractivity contribution in [1.82, 2.24) is 9.97 Å². The maximum atomic E-state index is 15.1. The van der Waals surface area contributed by atoms with Crippen LogP contribution < -0.4 is 18.9 Å². The Kier molecular flexibility index (Phi) is 11.2. The van der Waals surface area contributed by atoms with Gasteiger partial charge in [0, 0.05) is 23.5 Å². The first-order valence-corrected chi connectivity index (χ1v) is 16.2. The van der Waals surface area contributed by atoms with E-state index in [1.54, 1.807) is 72.8 Å². The summed E-state index contributed by atoms with van der Waals surface area (Å²) in [6, 6.07) is 31.4. The summed E-state index contributed by atoms with van der Waals surface area (Å²) in [6.45, 7) is -0.351. The van der Waals surface area contributed by atoms with Crippen molar-refractivity contribution in [2.75, 3.05) is 13.2 Å². The van der Waals surface area contributed by atoms with E-state index in [9.17, 15) is 8.78 Å². The van der Waals surface area contributed by atoms with Crippen molar-refractivity contribution < 1.29 is 32.5 Å². The van der Waals surface area contributed by atoms with Gasteiger partial charge in [-0.2, -0.15) is 0 Å². The number of halogens is 4. The van der Waals surface area contributed by atoms with Gasteiger partial charge in [-0.05, 0) is 84.9 Å². The predicted octanol–water partition coefficient (Wildman–Crippen LogP) is 10.2. The summed E-state index contributed by atoms with van der Waals surface area (Å²) in [7, 11) is 0. The van der Waals surface area contributed by atoms with Crippen LogP contribution in [0.3, 0.4) is 0 Å². The van der Waals surface area contributed by atoms with Crippen molar-refractivity contribution in [2.24, 2.45) is 0 Å². The fourth-order valence-electron chi connectivity index (χ4n) is 5.10. The van der Waals surface area contributed by atoms with Gasteiger partial charge in [0.25, 0.3) is 0 Å². The second kappa shape index (κ2) is 16.3. The van der Waals surface area contributed by atoms with E-state index in [0.717, 1.165) is 0 Å². The largest absolute Gasteiger partial charge is 0.491 e. The van der Waals surface area contributed by atoms with Gasteiger partial charge in [0.1, 0.15) is 47.8 Å². The third kappa shape index (κ3) is 8.55. The molecule has 0 N–H and O–H groups in total. The van der Waals surface area contributed by atoms with Crippen molar-refractivity contribution in [2.45, 2.75) is 11.8 Å². The molecule has 0 saturated heterocycles. The normalized spacial score (nSPS) is 12.1. The Labute approximate surface area is 297 Å². The molecule has 0 bridgehead atoms. The van der Waals surface area contributed by atoms with Crippen LogP contribution in [0, 0.1) is 11.6 Å². The minimum absolute atomic E-state index is 0.111. The highest BCUT2D eigenvalue weighted by molar-refractivity contribution is 6.32. The quantitative estimate of drug-likeness (QED) is 0.111. The molecule has 0 aliphatic rings. The molecule has 2 atom stereocenters. The highest BCUT2D eigenvalue weighted by Gasteiger charge is 2.35. The summed E-state index contributed by atoms with van der Waals surface area (Å²) in [5.41, 5.74) is 0.781. The van der Waals surface area contributed by atoms with E-state index in [4.69, 9.17) is 42.1 Å². The molecule has 2 aromatic heterocycles. The first kappa shape index (κ1) is 34.4. The van der Waals surface area contributed by atoms with Crippen molar-refractivity contribution in [3.8, 4) is 34.8 Å². The van der Waals surface area contributed by atoms with Crippen LogP contribution in [0.4, 0.5) is 8.78 Å². The van der Waals surface area contributed by atoms with Crippen LogP contribution in [0.5, 0.6) is 34.8 Å². The Hall–Kier alpha value is -5.51. The maximum absolute atomic E-state index is 15.1. The molecule has 0 aliphatic heterocycles. The first-order chi connectivity index (χ1) is 24.4. The van der Waals surface area contributed by atoms with Gasteiger partial charge in [0.2, 0.25) is 11.8 Å². The number of rotatable bonds is 14. The zero-order chi connectivity index (χ0) is 34.9. The molecule has 0 amide bonds. The Balaban J connectivity index is 1.42. The number of nitrogens with zero attached hydrogens (tertiary/aromatic N) is 2. The highest BCUT2D eigenvalue weighted by Crippen LogP contribution is 2.38. The number of ketones is 1. The Bertz CT molecular complexity index is 1920. The van der Waals surface area contributed by atoms with Crippen molar-refractivity contribution >= 4 is 29.0 Å². The molecule has 4 aromatic carbocycles. The summed E-state index contributed by atoms with van der Waals surface area (Å²) < 4.78 is 51.9. The number of benzene rings is 4. The maximum Gasteiger partial charge on any atom is 0.223 e. The molecule has 11 heteroatoms. The van der Waals surface area contributed by atoms with Gasteiger partial charge < -0.3 is 18.9 Å². The first-order valence-electron chi connectivity index (χ1n) is 15.4. The number of para-hydroxylation sites is 2. The average Bonchev–Trinajstić information content (AvgIpc) is 3.13. The minimum Gasteiger partial charge on any atom is -0.491 e. The zero-order valence-electron chi connectivity index (χ0n) is 26.2. The second-order valence-corrected chi connectivity index (χ2v) is 11.7. The molecule has 252 valence electrons. The van der Waals surface area contributed by atoms with E-state index in [1.165, 1.54) is 60.9 Å². The molecule has 0 aliphatic carbocycles. The summed E-state index contributed by atoms with van der Waals surface area (Å²) in [6.07, 6.45) is 3.04. The molecule has 6 rings (SSSR count). The van der Waals surface area contributed by atoms with Crippen molar-refractivity contribution in [3.05, 3.63) is 167 Å². The molecule has 2 heterocycles. The molecule has 0 spiro atoms. The zero-order valence-corrected chi connectivity index (χ0v) is 27.7. The number of hydrogen-bond donors (Lipinski definition) is 0. The fourth-order valence-corrected chi connectivity index (χ4v) is 5.48. The average molecular weight is 714 g/mol. The summed E-state index contributed by atoms with van der Waals surface area (Å²) in [5.74, 6) is -1.70. The highest BCUT2D eigenvalue weighted by atomic mass is 35.5. The number of Topliss-reactive ketones (excluding diaryl/α,β-unsaturated/α-hetero) is 1. The van der Waals surface area contributed by atoms with Crippen LogP contribution in [-0.2, 0) is 4.79 Å². The van der Waals surface area contributed by atoms with Crippen LogP contribution >= 0.6 is 23.2 Å². The van der Waals surface area contributed by atoms with E-state index in [-0.39, 0.29) is 30.8 Å². The van der Waals surface area contributed by atoms with E-state index in [0.29, 0.717) is 44.2 Å². The lowest BCUT2D eigenvalue weighted by atomic mass is 9.84. The Morgan fingerprint density at radius 1 is 0.560 bits per heavy atom. The van der Waals surface area contributed by atoms with Gasteiger partial charge >= 0.3 is 0 Å². The van der Waals surface area contributed by atoms with Gasteiger partial charge in [-0.25, -0.2) is 18.7 Å². The van der Waals surface area contributed by atoms with Crippen LogP contribution in [-0.4, -0.2) is 29.0 Å². The molecule has 0 radical (unpaired) electrons. The van der Waals surface area contributed by atoms with Crippen molar-refractivity contribution in [1.29, 1.82) is 0 Å². The van der Waals surface area contributed by atoms with Crippen molar-refractivity contribution in [3.63, 3.8) is 0 Å². The predicted molar refractivity (Wildman–Crippen MR) is 186 cm³/mol. The minimum atomic E-state index is -1.02. The van der Waals surface area contributed by atoms with E-state index < -0.39 is 23.5 Å².